The summed E-state index contributed by atoms with van der Waals surface area (Å²) in [6.07, 6.45) is 1.92. The molecule has 166 valence electrons. The molecular weight excluding hydrogens is 522 g/mol. The zero-order chi connectivity index (χ0) is 21.5. The maximum absolute atomic E-state index is 14.0. The second kappa shape index (κ2) is 11.4. The number of benzene rings is 2. The third-order valence-electron chi connectivity index (χ3n) is 4.58. The summed E-state index contributed by atoms with van der Waals surface area (Å²) in [4.78, 5) is 4.65. The van der Waals surface area contributed by atoms with Crippen LogP contribution in [-0.2, 0) is 13.1 Å². The van der Waals surface area contributed by atoms with Crippen molar-refractivity contribution in [3.05, 3.63) is 90.1 Å². The van der Waals surface area contributed by atoms with Crippen LogP contribution in [0.25, 0.3) is 5.65 Å². The van der Waals surface area contributed by atoms with Crippen molar-refractivity contribution >= 4 is 35.6 Å². The summed E-state index contributed by atoms with van der Waals surface area (Å²) in [5.74, 6) is 1.76. The van der Waals surface area contributed by atoms with E-state index < -0.39 is 5.82 Å². The molecule has 0 bridgehead atoms. The van der Waals surface area contributed by atoms with E-state index in [9.17, 15) is 4.39 Å². The summed E-state index contributed by atoms with van der Waals surface area (Å²) < 4.78 is 21.7. The van der Waals surface area contributed by atoms with Gasteiger partial charge in [0, 0.05) is 18.3 Å². The first-order valence-electron chi connectivity index (χ1n) is 10.1. The van der Waals surface area contributed by atoms with Crippen LogP contribution in [0.4, 0.5) is 4.39 Å². The molecule has 0 aliphatic rings. The van der Waals surface area contributed by atoms with Crippen LogP contribution in [0.15, 0.2) is 77.9 Å². The molecule has 7 nitrogen and oxygen atoms in total. The molecule has 2 aromatic heterocycles. The van der Waals surface area contributed by atoms with Gasteiger partial charge in [-0.15, -0.1) is 34.2 Å². The summed E-state index contributed by atoms with van der Waals surface area (Å²) in [5.41, 5.74) is 1.64. The van der Waals surface area contributed by atoms with E-state index in [1.165, 1.54) is 6.07 Å². The molecule has 0 radical (unpaired) electrons. The first-order valence-corrected chi connectivity index (χ1v) is 10.1. The lowest BCUT2D eigenvalue weighted by Crippen LogP contribution is -2.37. The fourth-order valence-electron chi connectivity index (χ4n) is 3.06. The zero-order valence-corrected chi connectivity index (χ0v) is 19.9. The summed E-state index contributed by atoms with van der Waals surface area (Å²) >= 11 is 0. The molecule has 4 aromatic rings. The van der Waals surface area contributed by atoms with E-state index in [2.05, 4.69) is 25.8 Å². The van der Waals surface area contributed by atoms with Gasteiger partial charge < -0.3 is 15.4 Å². The molecule has 0 aliphatic heterocycles. The number of rotatable bonds is 7. The van der Waals surface area contributed by atoms with Crippen LogP contribution in [0.3, 0.4) is 0 Å². The van der Waals surface area contributed by atoms with E-state index in [1.807, 2.05) is 53.9 Å². The number of para-hydroxylation sites is 2. The molecule has 0 unspecified atom stereocenters. The summed E-state index contributed by atoms with van der Waals surface area (Å²) in [7, 11) is 0. The van der Waals surface area contributed by atoms with Gasteiger partial charge in [-0.25, -0.2) is 9.38 Å². The molecule has 4 rings (SSSR count). The average Bonchev–Trinajstić information content (AvgIpc) is 3.21. The van der Waals surface area contributed by atoms with E-state index in [4.69, 9.17) is 4.74 Å². The molecule has 0 aliphatic carbocycles. The fourth-order valence-corrected chi connectivity index (χ4v) is 3.06. The third-order valence-corrected chi connectivity index (χ3v) is 4.58. The number of aromatic nitrogens is 3. The molecule has 0 saturated heterocycles. The minimum absolute atomic E-state index is 0. The van der Waals surface area contributed by atoms with Gasteiger partial charge in [0.15, 0.2) is 29.0 Å². The largest absolute Gasteiger partial charge is 0.454 e. The number of hydrogen-bond donors (Lipinski definition) is 2. The van der Waals surface area contributed by atoms with Gasteiger partial charge in [0.25, 0.3) is 0 Å². The molecule has 32 heavy (non-hydrogen) atoms. The Kier molecular flexibility index (Phi) is 8.37. The second-order valence-corrected chi connectivity index (χ2v) is 6.73. The summed E-state index contributed by atoms with van der Waals surface area (Å²) in [6.45, 7) is 3.53. The molecule has 2 N–H and O–H groups in total. The molecule has 2 heterocycles. The molecular formula is C23H24FIN6O. The number of pyridine rings is 1. The van der Waals surface area contributed by atoms with Crippen LogP contribution in [0.2, 0.25) is 0 Å². The highest BCUT2D eigenvalue weighted by atomic mass is 127. The smallest absolute Gasteiger partial charge is 0.191 e. The number of guanidine groups is 1. The Morgan fingerprint density at radius 1 is 0.969 bits per heavy atom. The predicted molar refractivity (Wildman–Crippen MR) is 133 cm³/mol. The van der Waals surface area contributed by atoms with Crippen molar-refractivity contribution in [2.45, 2.75) is 20.0 Å². The topological polar surface area (TPSA) is 75.8 Å². The Labute approximate surface area is 202 Å². The predicted octanol–water partition coefficient (Wildman–Crippen LogP) is 4.53. The normalized spacial score (nSPS) is 11.1. The van der Waals surface area contributed by atoms with Crippen molar-refractivity contribution < 1.29 is 9.13 Å². The van der Waals surface area contributed by atoms with Crippen molar-refractivity contribution in [2.24, 2.45) is 4.99 Å². The highest BCUT2D eigenvalue weighted by molar-refractivity contribution is 14.0. The van der Waals surface area contributed by atoms with Gasteiger partial charge in [-0.3, -0.25) is 4.40 Å². The number of aliphatic imine (C=N–C) groups is 1. The molecule has 0 atom stereocenters. The van der Waals surface area contributed by atoms with Gasteiger partial charge in [0.2, 0.25) is 0 Å². The highest BCUT2D eigenvalue weighted by Gasteiger charge is 2.09. The Morgan fingerprint density at radius 2 is 1.72 bits per heavy atom. The standard InChI is InChI=1S/C23H23FN6O.HI/c1-2-25-23(27-16-22-29-28-21-13-7-8-14-30(21)22)26-15-17-9-3-5-11-19(17)31-20-12-6-4-10-18(20)24;/h3-14H,2,15-16H2,1H3,(H2,25,26,27);1H. The van der Waals surface area contributed by atoms with Crippen LogP contribution in [-0.4, -0.2) is 27.1 Å². The van der Waals surface area contributed by atoms with Gasteiger partial charge in [0.05, 0.1) is 13.1 Å². The van der Waals surface area contributed by atoms with E-state index >= 15 is 0 Å². The molecule has 0 amide bonds. The Hall–Kier alpha value is -3.21. The number of ether oxygens (including phenoxy) is 1. The molecule has 2 aromatic carbocycles. The Bertz CT molecular complexity index is 1200. The van der Waals surface area contributed by atoms with Crippen LogP contribution in [0.5, 0.6) is 11.5 Å². The van der Waals surface area contributed by atoms with E-state index in [-0.39, 0.29) is 29.7 Å². The van der Waals surface area contributed by atoms with Gasteiger partial charge >= 0.3 is 0 Å². The van der Waals surface area contributed by atoms with Crippen LogP contribution >= 0.6 is 24.0 Å². The third kappa shape index (κ3) is 5.72. The average molecular weight is 546 g/mol. The maximum atomic E-state index is 14.0. The Morgan fingerprint density at radius 3 is 2.53 bits per heavy atom. The number of halogens is 2. The lowest BCUT2D eigenvalue weighted by Gasteiger charge is -2.13. The Balaban J connectivity index is 0.00000289. The minimum atomic E-state index is -0.406. The zero-order valence-electron chi connectivity index (χ0n) is 17.5. The monoisotopic (exact) mass is 546 g/mol. The van der Waals surface area contributed by atoms with Crippen LogP contribution in [0.1, 0.15) is 18.3 Å². The van der Waals surface area contributed by atoms with Crippen LogP contribution < -0.4 is 15.4 Å². The van der Waals surface area contributed by atoms with Gasteiger partial charge in [-0.05, 0) is 37.3 Å². The second-order valence-electron chi connectivity index (χ2n) is 6.73. The maximum Gasteiger partial charge on any atom is 0.191 e. The van der Waals surface area contributed by atoms with Gasteiger partial charge in [0.1, 0.15) is 5.75 Å². The van der Waals surface area contributed by atoms with Crippen molar-refractivity contribution in [2.75, 3.05) is 6.54 Å². The molecule has 0 spiro atoms. The number of fused-ring (bicyclic) bond motifs is 1. The van der Waals surface area contributed by atoms with Crippen molar-refractivity contribution in [3.63, 3.8) is 0 Å². The van der Waals surface area contributed by atoms with Crippen LogP contribution in [0, 0.1) is 5.82 Å². The van der Waals surface area contributed by atoms with Crippen molar-refractivity contribution in [1.29, 1.82) is 0 Å². The highest BCUT2D eigenvalue weighted by Crippen LogP contribution is 2.27. The number of nitrogens with one attached hydrogen (secondary N) is 2. The minimum Gasteiger partial charge on any atom is -0.454 e. The molecule has 9 heteroatoms. The first kappa shape index (κ1) is 23.5. The number of nitrogens with zero attached hydrogens (tertiary/aromatic N) is 4. The quantitative estimate of drug-likeness (QED) is 0.203. The molecule has 0 fully saturated rings. The van der Waals surface area contributed by atoms with Gasteiger partial charge in [-0.2, -0.15) is 0 Å². The van der Waals surface area contributed by atoms with E-state index in [0.717, 1.165) is 17.0 Å². The van der Waals surface area contributed by atoms with Crippen molar-refractivity contribution in [1.82, 2.24) is 25.2 Å². The SMILES string of the molecule is CCNC(=NCc1ccccc1Oc1ccccc1F)NCc1nnc2ccccn12.I. The number of hydrogen-bond acceptors (Lipinski definition) is 4. The lowest BCUT2D eigenvalue weighted by atomic mass is 10.2. The lowest BCUT2D eigenvalue weighted by molar-refractivity contribution is 0.438. The van der Waals surface area contributed by atoms with Gasteiger partial charge in [-0.1, -0.05) is 36.4 Å². The van der Waals surface area contributed by atoms with Crippen molar-refractivity contribution in [3.8, 4) is 11.5 Å². The fraction of sp³-hybridized carbons (Fsp3) is 0.174. The van der Waals surface area contributed by atoms with E-state index in [0.29, 0.717) is 31.3 Å². The first-order chi connectivity index (χ1) is 15.2. The summed E-state index contributed by atoms with van der Waals surface area (Å²) in [5, 5.41) is 14.9. The summed E-state index contributed by atoms with van der Waals surface area (Å²) in [6, 6.07) is 19.6. The molecule has 0 saturated carbocycles. The van der Waals surface area contributed by atoms with E-state index in [1.54, 1.807) is 24.3 Å².